The number of esters is 1. The second-order valence-corrected chi connectivity index (χ2v) is 10.9. The highest BCUT2D eigenvalue weighted by Crippen LogP contribution is 2.63. The van der Waals surface area contributed by atoms with Crippen LogP contribution in [0.15, 0.2) is 23.8 Å². The monoisotopic (exact) mass is 412 g/mol. The van der Waals surface area contributed by atoms with Gasteiger partial charge in [-0.2, -0.15) is 0 Å². The molecule has 0 N–H and O–H groups in total. The number of unbranched alkanes of at least 4 members (excludes halogenated alkanes) is 3. The first-order valence-electron chi connectivity index (χ1n) is 12.5. The minimum absolute atomic E-state index is 0.0173. The van der Waals surface area contributed by atoms with Crippen LogP contribution in [-0.4, -0.2) is 17.9 Å². The van der Waals surface area contributed by atoms with Crippen molar-refractivity contribution in [3.63, 3.8) is 0 Å². The van der Waals surface area contributed by atoms with E-state index >= 15 is 0 Å². The van der Waals surface area contributed by atoms with E-state index in [1.165, 1.54) is 31.3 Å². The van der Waals surface area contributed by atoms with Crippen molar-refractivity contribution < 1.29 is 14.3 Å². The third kappa shape index (κ3) is 3.82. The Kier molecular flexibility index (Phi) is 6.28. The zero-order valence-corrected chi connectivity index (χ0v) is 19.3. The summed E-state index contributed by atoms with van der Waals surface area (Å²) in [6, 6.07) is 0. The Labute approximate surface area is 182 Å². The van der Waals surface area contributed by atoms with Crippen molar-refractivity contribution in [2.45, 2.75) is 104 Å². The van der Waals surface area contributed by atoms with E-state index in [9.17, 15) is 9.59 Å². The van der Waals surface area contributed by atoms with Crippen LogP contribution < -0.4 is 0 Å². The van der Waals surface area contributed by atoms with E-state index in [1.54, 1.807) is 0 Å². The maximum Gasteiger partial charge on any atom is 0.306 e. The molecule has 0 aromatic heterocycles. The predicted octanol–water partition coefficient (Wildman–Crippen LogP) is 6.57. The predicted molar refractivity (Wildman–Crippen MR) is 120 cm³/mol. The summed E-state index contributed by atoms with van der Waals surface area (Å²) in [5.74, 6) is 2.23. The third-order valence-electron chi connectivity index (χ3n) is 9.24. The average molecular weight is 413 g/mol. The van der Waals surface area contributed by atoms with E-state index in [1.807, 2.05) is 6.08 Å². The summed E-state index contributed by atoms with van der Waals surface area (Å²) >= 11 is 0. The van der Waals surface area contributed by atoms with Crippen LogP contribution in [0.2, 0.25) is 0 Å². The van der Waals surface area contributed by atoms with Crippen LogP contribution in [0.5, 0.6) is 0 Å². The fraction of sp³-hybridized carbons (Fsp3) is 0.778. The highest BCUT2D eigenvalue weighted by atomic mass is 16.5. The van der Waals surface area contributed by atoms with Crippen molar-refractivity contribution in [3.05, 3.63) is 23.8 Å². The lowest BCUT2D eigenvalue weighted by Gasteiger charge is -2.60. The summed E-state index contributed by atoms with van der Waals surface area (Å²) < 4.78 is 6.09. The van der Waals surface area contributed by atoms with Crippen LogP contribution in [0.4, 0.5) is 0 Å². The van der Waals surface area contributed by atoms with E-state index in [2.05, 4.69) is 32.9 Å². The molecule has 3 heteroatoms. The maximum atomic E-state index is 12.5. The molecular weight excluding hydrogens is 372 g/mol. The standard InChI is InChI=1S/C27H40O3/c1-4-5-6-7-11-25(29)30-24-10-8-9-22-21-13-12-19-18-20(28)14-16-26(19,2)23(21)15-17-27(22,24)3/h8,10,18,21-24H,4-7,9,11-17H2,1-3H3/t21-,22+,23+,24?,26-,27+/m1/s1. The molecule has 166 valence electrons. The Morgan fingerprint density at radius 2 is 1.93 bits per heavy atom. The number of ketones is 1. The Bertz CT molecular complexity index is 734. The van der Waals surface area contributed by atoms with Gasteiger partial charge in [-0.15, -0.1) is 0 Å². The van der Waals surface area contributed by atoms with Gasteiger partial charge in [0, 0.05) is 18.3 Å². The number of carbonyl (C=O) groups excluding carboxylic acids is 2. The highest BCUT2D eigenvalue weighted by Gasteiger charge is 2.57. The van der Waals surface area contributed by atoms with Crippen molar-refractivity contribution in [1.82, 2.24) is 0 Å². The average Bonchev–Trinajstić information content (AvgIpc) is 2.72. The Morgan fingerprint density at radius 3 is 2.73 bits per heavy atom. The molecule has 4 rings (SSSR count). The minimum Gasteiger partial charge on any atom is -0.458 e. The van der Waals surface area contributed by atoms with Crippen LogP contribution in [0, 0.1) is 28.6 Å². The Hall–Kier alpha value is -1.38. The molecule has 0 saturated heterocycles. The summed E-state index contributed by atoms with van der Waals surface area (Å²) in [4.78, 5) is 24.6. The molecule has 3 nitrogen and oxygen atoms in total. The van der Waals surface area contributed by atoms with E-state index in [0.717, 1.165) is 38.5 Å². The fourth-order valence-electron chi connectivity index (χ4n) is 7.34. The van der Waals surface area contributed by atoms with Gasteiger partial charge in [0.2, 0.25) is 0 Å². The molecule has 0 amide bonds. The van der Waals surface area contributed by atoms with Crippen molar-refractivity contribution in [1.29, 1.82) is 0 Å². The Morgan fingerprint density at radius 1 is 1.10 bits per heavy atom. The van der Waals surface area contributed by atoms with Gasteiger partial charge < -0.3 is 4.74 Å². The van der Waals surface area contributed by atoms with Gasteiger partial charge in [0.15, 0.2) is 5.78 Å². The maximum absolute atomic E-state index is 12.5. The number of fused-ring (bicyclic) bond motifs is 5. The SMILES string of the molecule is CCCCCCC(=O)OC1C=CC[C@H]2[C@H]3CCC4=CC(=O)CC[C@@]4(C)[C@H]3CC[C@]12C. The van der Waals surface area contributed by atoms with E-state index in [0.29, 0.717) is 36.4 Å². The van der Waals surface area contributed by atoms with Crippen molar-refractivity contribution in [2.24, 2.45) is 28.6 Å². The van der Waals surface area contributed by atoms with Crippen molar-refractivity contribution in [3.8, 4) is 0 Å². The largest absolute Gasteiger partial charge is 0.458 e. The summed E-state index contributed by atoms with van der Waals surface area (Å²) in [6.45, 7) is 7.00. The van der Waals surface area contributed by atoms with Gasteiger partial charge in [0.25, 0.3) is 0 Å². The van der Waals surface area contributed by atoms with Crippen LogP contribution in [0.1, 0.15) is 97.8 Å². The van der Waals surface area contributed by atoms with Crippen LogP contribution in [0.3, 0.4) is 0 Å². The quantitative estimate of drug-likeness (QED) is 0.282. The molecule has 4 aliphatic carbocycles. The Balaban J connectivity index is 1.47. The molecule has 0 heterocycles. The van der Waals surface area contributed by atoms with E-state index in [-0.39, 0.29) is 22.9 Å². The van der Waals surface area contributed by atoms with Gasteiger partial charge >= 0.3 is 5.97 Å². The second kappa shape index (κ2) is 8.63. The van der Waals surface area contributed by atoms with Crippen molar-refractivity contribution in [2.75, 3.05) is 0 Å². The van der Waals surface area contributed by atoms with Gasteiger partial charge in [-0.3, -0.25) is 9.59 Å². The molecule has 0 bridgehead atoms. The van der Waals surface area contributed by atoms with Gasteiger partial charge in [0.05, 0.1) is 0 Å². The number of rotatable bonds is 6. The minimum atomic E-state index is -0.0754. The first kappa shape index (κ1) is 21.8. The molecule has 0 aromatic carbocycles. The lowest BCUT2D eigenvalue weighted by molar-refractivity contribution is -0.163. The van der Waals surface area contributed by atoms with Crippen LogP contribution >= 0.6 is 0 Å². The second-order valence-electron chi connectivity index (χ2n) is 10.9. The molecule has 1 unspecified atom stereocenters. The lowest BCUT2D eigenvalue weighted by atomic mass is 9.45. The number of ether oxygens (including phenoxy) is 1. The smallest absolute Gasteiger partial charge is 0.306 e. The van der Waals surface area contributed by atoms with E-state index < -0.39 is 0 Å². The van der Waals surface area contributed by atoms with E-state index in [4.69, 9.17) is 4.74 Å². The topological polar surface area (TPSA) is 43.4 Å². The molecule has 30 heavy (non-hydrogen) atoms. The number of hydrogen-bond acceptors (Lipinski definition) is 3. The molecule has 2 saturated carbocycles. The summed E-state index contributed by atoms with van der Waals surface area (Å²) in [5.41, 5.74) is 1.67. The third-order valence-corrected chi connectivity index (χ3v) is 9.24. The van der Waals surface area contributed by atoms with Crippen LogP contribution in [0.25, 0.3) is 0 Å². The summed E-state index contributed by atoms with van der Waals surface area (Å²) in [5, 5.41) is 0. The molecule has 6 atom stereocenters. The fourth-order valence-corrected chi connectivity index (χ4v) is 7.34. The van der Waals surface area contributed by atoms with Gasteiger partial charge in [-0.25, -0.2) is 0 Å². The molecule has 0 aliphatic heterocycles. The first-order valence-corrected chi connectivity index (χ1v) is 12.5. The zero-order chi connectivity index (χ0) is 21.4. The number of carbonyl (C=O) groups is 2. The lowest BCUT2D eigenvalue weighted by Crippen LogP contribution is -2.55. The molecule has 0 aromatic rings. The molecule has 0 radical (unpaired) electrons. The molecular formula is C27H40O3. The number of hydrogen-bond donors (Lipinski definition) is 0. The normalized spacial score (nSPS) is 40.1. The van der Waals surface area contributed by atoms with Gasteiger partial charge in [0.1, 0.15) is 6.10 Å². The summed E-state index contributed by atoms with van der Waals surface area (Å²) in [7, 11) is 0. The summed E-state index contributed by atoms with van der Waals surface area (Å²) in [6.07, 6.45) is 18.8. The zero-order valence-electron chi connectivity index (χ0n) is 19.3. The van der Waals surface area contributed by atoms with Gasteiger partial charge in [-0.1, -0.05) is 51.7 Å². The first-order chi connectivity index (χ1) is 14.4. The number of allylic oxidation sites excluding steroid dienone is 3. The molecule has 2 fully saturated rings. The van der Waals surface area contributed by atoms with Crippen molar-refractivity contribution >= 4 is 11.8 Å². The molecule has 0 spiro atoms. The van der Waals surface area contributed by atoms with Gasteiger partial charge in [-0.05, 0) is 80.3 Å². The highest BCUT2D eigenvalue weighted by molar-refractivity contribution is 5.91. The molecule has 4 aliphatic rings. The van der Waals surface area contributed by atoms with Crippen LogP contribution in [-0.2, 0) is 14.3 Å².